The Morgan fingerprint density at radius 1 is 1.33 bits per heavy atom. The first-order valence-electron chi connectivity index (χ1n) is 5.72. The fourth-order valence-corrected chi connectivity index (χ4v) is 2.63. The molecule has 8 heteroatoms. The van der Waals surface area contributed by atoms with E-state index in [1.165, 1.54) is 0 Å². The van der Waals surface area contributed by atoms with Crippen LogP contribution in [0.3, 0.4) is 0 Å². The second kappa shape index (κ2) is 5.40. The molecule has 0 amide bonds. The van der Waals surface area contributed by atoms with E-state index in [9.17, 15) is 13.2 Å². The lowest BCUT2D eigenvalue weighted by molar-refractivity contribution is -0.138. The predicted molar refractivity (Wildman–Crippen MR) is 61.5 cm³/mol. The molecule has 1 N–H and O–H groups in total. The van der Waals surface area contributed by atoms with Crippen molar-refractivity contribution in [1.82, 2.24) is 10.2 Å². The lowest BCUT2D eigenvalue weighted by atomic mass is 9.93. The third-order valence-corrected chi connectivity index (χ3v) is 3.89. The molecule has 18 heavy (non-hydrogen) atoms. The zero-order valence-electron chi connectivity index (χ0n) is 9.83. The summed E-state index contributed by atoms with van der Waals surface area (Å²) in [5, 5.41) is 8.97. The quantitative estimate of drug-likeness (QED) is 0.925. The number of aromatic nitrogens is 2. The van der Waals surface area contributed by atoms with Crippen LogP contribution in [0.2, 0.25) is 0 Å². The third kappa shape index (κ3) is 3.32. The van der Waals surface area contributed by atoms with E-state index in [2.05, 4.69) is 15.5 Å². The van der Waals surface area contributed by atoms with Crippen LogP contribution in [0.15, 0.2) is 0 Å². The van der Waals surface area contributed by atoms with Gasteiger partial charge < -0.3 is 10.1 Å². The maximum Gasteiger partial charge on any atom is 0.445 e. The predicted octanol–water partition coefficient (Wildman–Crippen LogP) is 2.78. The lowest BCUT2D eigenvalue weighted by Gasteiger charge is -2.27. The molecule has 1 aliphatic heterocycles. The van der Waals surface area contributed by atoms with Gasteiger partial charge in [0, 0.05) is 19.3 Å². The van der Waals surface area contributed by atoms with Gasteiger partial charge in [-0.1, -0.05) is 11.3 Å². The lowest BCUT2D eigenvalue weighted by Crippen LogP contribution is -2.30. The Hall–Kier alpha value is -0.890. The fourth-order valence-electron chi connectivity index (χ4n) is 1.92. The summed E-state index contributed by atoms with van der Waals surface area (Å²) in [5.74, 6) is 0.400. The minimum Gasteiger partial charge on any atom is -0.381 e. The summed E-state index contributed by atoms with van der Waals surface area (Å²) in [7, 11) is 0. The summed E-state index contributed by atoms with van der Waals surface area (Å²) >= 11 is 0.543. The Morgan fingerprint density at radius 2 is 2.00 bits per heavy atom. The van der Waals surface area contributed by atoms with Crippen LogP contribution >= 0.6 is 11.3 Å². The number of halogens is 3. The van der Waals surface area contributed by atoms with Crippen molar-refractivity contribution in [3.05, 3.63) is 5.01 Å². The van der Waals surface area contributed by atoms with E-state index in [0.29, 0.717) is 30.5 Å². The molecule has 0 aromatic carbocycles. The molecule has 0 aliphatic carbocycles. The van der Waals surface area contributed by atoms with Crippen LogP contribution in [0.25, 0.3) is 0 Å². The van der Waals surface area contributed by atoms with Crippen molar-refractivity contribution < 1.29 is 17.9 Å². The highest BCUT2D eigenvalue weighted by Crippen LogP contribution is 2.33. The van der Waals surface area contributed by atoms with Gasteiger partial charge >= 0.3 is 6.18 Å². The summed E-state index contributed by atoms with van der Waals surface area (Å²) in [6.07, 6.45) is -2.59. The van der Waals surface area contributed by atoms with E-state index in [-0.39, 0.29) is 11.2 Å². The van der Waals surface area contributed by atoms with Crippen LogP contribution in [-0.2, 0) is 10.9 Å². The fraction of sp³-hybridized carbons (Fsp3) is 0.800. The minimum absolute atomic E-state index is 0.0722. The summed E-state index contributed by atoms with van der Waals surface area (Å²) in [6, 6.07) is 0.0722. The van der Waals surface area contributed by atoms with Gasteiger partial charge in [0.25, 0.3) is 0 Å². The van der Waals surface area contributed by atoms with Crippen LogP contribution < -0.4 is 5.32 Å². The molecule has 1 atom stereocenters. The van der Waals surface area contributed by atoms with Crippen molar-refractivity contribution in [2.24, 2.45) is 5.92 Å². The van der Waals surface area contributed by atoms with Gasteiger partial charge in [-0.15, -0.1) is 10.2 Å². The van der Waals surface area contributed by atoms with Crippen LogP contribution in [0.4, 0.5) is 18.3 Å². The molecule has 1 aromatic heterocycles. The summed E-state index contributed by atoms with van der Waals surface area (Å²) in [5.41, 5.74) is 0. The maximum absolute atomic E-state index is 12.4. The van der Waals surface area contributed by atoms with Crippen LogP contribution in [0, 0.1) is 5.92 Å². The third-order valence-electron chi connectivity index (χ3n) is 2.99. The van der Waals surface area contributed by atoms with Crippen molar-refractivity contribution in [1.29, 1.82) is 0 Å². The molecule has 1 aliphatic rings. The highest BCUT2D eigenvalue weighted by Gasteiger charge is 2.36. The van der Waals surface area contributed by atoms with Gasteiger partial charge in [-0.3, -0.25) is 0 Å². The Balaban J connectivity index is 1.94. The molecule has 0 radical (unpaired) electrons. The average molecular weight is 281 g/mol. The van der Waals surface area contributed by atoms with Gasteiger partial charge in [-0.05, 0) is 25.7 Å². The van der Waals surface area contributed by atoms with Crippen LogP contribution in [0.1, 0.15) is 24.8 Å². The van der Waals surface area contributed by atoms with Crippen molar-refractivity contribution in [2.75, 3.05) is 18.5 Å². The number of anilines is 1. The zero-order valence-corrected chi connectivity index (χ0v) is 10.6. The van der Waals surface area contributed by atoms with Gasteiger partial charge in [0.1, 0.15) is 0 Å². The van der Waals surface area contributed by atoms with Crippen LogP contribution in [0.5, 0.6) is 0 Å². The molecule has 1 aromatic rings. The summed E-state index contributed by atoms with van der Waals surface area (Å²) in [6.45, 7) is 3.37. The van der Waals surface area contributed by atoms with E-state index < -0.39 is 11.2 Å². The molecule has 4 nitrogen and oxygen atoms in total. The molecule has 0 saturated carbocycles. The summed E-state index contributed by atoms with van der Waals surface area (Å²) < 4.78 is 42.3. The van der Waals surface area contributed by atoms with E-state index in [4.69, 9.17) is 4.74 Å². The van der Waals surface area contributed by atoms with Gasteiger partial charge in [-0.2, -0.15) is 13.2 Å². The molecule has 0 bridgehead atoms. The number of nitrogens with one attached hydrogen (secondary N) is 1. The Kier molecular flexibility index (Phi) is 4.06. The minimum atomic E-state index is -4.42. The molecule has 2 heterocycles. The van der Waals surface area contributed by atoms with Crippen molar-refractivity contribution in [3.63, 3.8) is 0 Å². The Labute approximate surface area is 107 Å². The van der Waals surface area contributed by atoms with E-state index in [1.807, 2.05) is 6.92 Å². The molecular weight excluding hydrogens is 267 g/mol. The van der Waals surface area contributed by atoms with Crippen molar-refractivity contribution in [3.8, 4) is 0 Å². The normalized spacial score (nSPS) is 19.8. The average Bonchev–Trinajstić information content (AvgIpc) is 2.78. The van der Waals surface area contributed by atoms with Gasteiger partial charge in [0.2, 0.25) is 10.1 Å². The largest absolute Gasteiger partial charge is 0.445 e. The van der Waals surface area contributed by atoms with Crippen molar-refractivity contribution in [2.45, 2.75) is 32.0 Å². The molecule has 1 fully saturated rings. The second-order valence-electron chi connectivity index (χ2n) is 4.29. The topological polar surface area (TPSA) is 47.0 Å². The highest BCUT2D eigenvalue weighted by molar-refractivity contribution is 7.15. The second-order valence-corrected chi connectivity index (χ2v) is 5.27. The standard InChI is InChI=1S/C10H14F3N3OS/c1-6(7-2-4-17-5-3-7)14-9-16-15-8(18-9)10(11,12)13/h6-7H,2-5H2,1H3,(H,14,16). The molecular formula is C10H14F3N3OS. The van der Waals surface area contributed by atoms with Crippen LogP contribution in [-0.4, -0.2) is 29.5 Å². The number of hydrogen-bond donors (Lipinski definition) is 1. The molecule has 1 unspecified atom stereocenters. The number of ether oxygens (including phenoxy) is 1. The van der Waals surface area contributed by atoms with Gasteiger partial charge in [-0.25, -0.2) is 0 Å². The van der Waals surface area contributed by atoms with Crippen molar-refractivity contribution >= 4 is 16.5 Å². The van der Waals surface area contributed by atoms with Gasteiger partial charge in [0.15, 0.2) is 0 Å². The molecule has 2 rings (SSSR count). The Bertz CT molecular complexity index is 390. The molecule has 102 valence electrons. The van der Waals surface area contributed by atoms with E-state index in [1.54, 1.807) is 0 Å². The number of nitrogens with zero attached hydrogens (tertiary/aromatic N) is 2. The van der Waals surface area contributed by atoms with E-state index >= 15 is 0 Å². The maximum atomic E-state index is 12.4. The number of alkyl halides is 3. The SMILES string of the molecule is CC(Nc1nnc(C(F)(F)F)s1)C1CCOCC1. The highest BCUT2D eigenvalue weighted by atomic mass is 32.1. The van der Waals surface area contributed by atoms with E-state index in [0.717, 1.165) is 12.8 Å². The zero-order chi connectivity index (χ0) is 13.2. The number of hydrogen-bond acceptors (Lipinski definition) is 5. The smallest absolute Gasteiger partial charge is 0.381 e. The molecule has 1 saturated heterocycles. The monoisotopic (exact) mass is 281 g/mol. The first-order valence-corrected chi connectivity index (χ1v) is 6.53. The van der Waals surface area contributed by atoms with Gasteiger partial charge in [0.05, 0.1) is 0 Å². The first-order chi connectivity index (χ1) is 8.47. The summed E-state index contributed by atoms with van der Waals surface area (Å²) in [4.78, 5) is 0. The Morgan fingerprint density at radius 3 is 2.56 bits per heavy atom. The number of rotatable bonds is 3. The first kappa shape index (κ1) is 13.5. The molecule has 0 spiro atoms.